The summed E-state index contributed by atoms with van der Waals surface area (Å²) in [6.45, 7) is 3.62. The number of hydrogen-bond donors (Lipinski definition) is 1. The van der Waals surface area contributed by atoms with Crippen LogP contribution in [0.15, 0.2) is 12.4 Å². The number of rotatable bonds is 4. The molecule has 0 aliphatic heterocycles. The van der Waals surface area contributed by atoms with Crippen LogP contribution >= 0.6 is 0 Å². The van der Waals surface area contributed by atoms with Gasteiger partial charge in [-0.1, -0.05) is 0 Å². The van der Waals surface area contributed by atoms with Gasteiger partial charge in [-0.15, -0.1) is 10.2 Å². The number of aromatic nitrogens is 4. The minimum atomic E-state index is -3.02. The molecule has 1 N–H and O–H groups in total. The molecule has 2 rings (SSSR count). The first-order chi connectivity index (χ1) is 8.37. The molecule has 0 saturated heterocycles. The number of hydrogen-bond acceptors (Lipinski definition) is 6. The van der Waals surface area contributed by atoms with Crippen molar-refractivity contribution in [3.05, 3.63) is 18.2 Å². The average Bonchev–Trinajstić information content (AvgIpc) is 2.59. The smallest absolute Gasteiger partial charge is 0.203 e. The monoisotopic (exact) mass is 269 g/mol. The Morgan fingerprint density at radius 1 is 1.44 bits per heavy atom. The molecular formula is C10H15N5O2S. The number of sulfone groups is 1. The number of aryl methyl sites for hydroxylation is 1. The first-order valence-corrected chi connectivity index (χ1v) is 7.53. The Balaban J connectivity index is 2.27. The summed E-state index contributed by atoms with van der Waals surface area (Å²) in [4.78, 5) is 4.16. The van der Waals surface area contributed by atoms with Crippen LogP contribution in [0.5, 0.6) is 0 Å². The number of nitrogens with one attached hydrogen (secondary N) is 1. The van der Waals surface area contributed by atoms with Crippen LogP contribution in [0.25, 0.3) is 5.65 Å². The van der Waals surface area contributed by atoms with Crippen LogP contribution in [0.1, 0.15) is 12.7 Å². The SMILES string of the molecule is Cc1nnc2c(NC(C)CS(C)(=O)=O)nccn12. The van der Waals surface area contributed by atoms with Gasteiger partial charge in [-0.25, -0.2) is 13.4 Å². The summed E-state index contributed by atoms with van der Waals surface area (Å²) in [6, 6.07) is -0.240. The molecule has 8 heteroatoms. The molecule has 98 valence electrons. The van der Waals surface area contributed by atoms with Crippen LogP contribution in [0.2, 0.25) is 0 Å². The molecule has 2 aromatic rings. The Morgan fingerprint density at radius 2 is 2.17 bits per heavy atom. The van der Waals surface area contributed by atoms with E-state index in [1.54, 1.807) is 23.7 Å². The van der Waals surface area contributed by atoms with Gasteiger partial charge in [0.15, 0.2) is 5.82 Å². The summed E-state index contributed by atoms with van der Waals surface area (Å²) >= 11 is 0. The van der Waals surface area contributed by atoms with Crippen LogP contribution in [0.3, 0.4) is 0 Å². The second-order valence-electron chi connectivity index (χ2n) is 4.35. The molecule has 0 radical (unpaired) electrons. The normalized spacial score (nSPS) is 13.7. The zero-order chi connectivity index (χ0) is 13.3. The fourth-order valence-electron chi connectivity index (χ4n) is 1.77. The van der Waals surface area contributed by atoms with Crippen LogP contribution in [0.4, 0.5) is 5.82 Å². The molecule has 7 nitrogen and oxygen atoms in total. The van der Waals surface area contributed by atoms with Crippen molar-refractivity contribution >= 4 is 21.3 Å². The van der Waals surface area contributed by atoms with E-state index in [0.717, 1.165) is 5.82 Å². The van der Waals surface area contributed by atoms with Gasteiger partial charge >= 0.3 is 0 Å². The third-order valence-electron chi connectivity index (χ3n) is 2.43. The Bertz CT molecular complexity index is 664. The maximum absolute atomic E-state index is 11.2. The van der Waals surface area contributed by atoms with Gasteiger partial charge in [-0.2, -0.15) is 0 Å². The Kier molecular flexibility index (Phi) is 3.20. The van der Waals surface area contributed by atoms with Crippen molar-refractivity contribution in [1.82, 2.24) is 19.6 Å². The fourth-order valence-corrected chi connectivity index (χ4v) is 2.76. The summed E-state index contributed by atoms with van der Waals surface area (Å²) in [6.07, 6.45) is 4.59. The highest BCUT2D eigenvalue weighted by atomic mass is 32.2. The predicted molar refractivity (Wildman–Crippen MR) is 68.3 cm³/mol. The number of fused-ring (bicyclic) bond motifs is 1. The number of anilines is 1. The van der Waals surface area contributed by atoms with E-state index in [0.29, 0.717) is 11.5 Å². The highest BCUT2D eigenvalue weighted by Crippen LogP contribution is 2.13. The van der Waals surface area contributed by atoms with Gasteiger partial charge in [0.05, 0.1) is 5.75 Å². The lowest BCUT2D eigenvalue weighted by atomic mass is 10.4. The van der Waals surface area contributed by atoms with E-state index < -0.39 is 9.84 Å². The van der Waals surface area contributed by atoms with Gasteiger partial charge in [0.25, 0.3) is 0 Å². The average molecular weight is 269 g/mol. The van der Waals surface area contributed by atoms with Gasteiger partial charge < -0.3 is 5.32 Å². The first kappa shape index (κ1) is 12.7. The molecule has 2 aromatic heterocycles. The second kappa shape index (κ2) is 4.52. The van der Waals surface area contributed by atoms with Gasteiger partial charge in [0, 0.05) is 24.7 Å². The second-order valence-corrected chi connectivity index (χ2v) is 6.54. The summed E-state index contributed by atoms with van der Waals surface area (Å²) in [7, 11) is -3.02. The third-order valence-corrected chi connectivity index (χ3v) is 3.54. The summed E-state index contributed by atoms with van der Waals surface area (Å²) in [5.74, 6) is 1.34. The zero-order valence-corrected chi connectivity index (χ0v) is 11.3. The van der Waals surface area contributed by atoms with E-state index >= 15 is 0 Å². The van der Waals surface area contributed by atoms with E-state index in [2.05, 4.69) is 20.5 Å². The van der Waals surface area contributed by atoms with Crippen molar-refractivity contribution < 1.29 is 8.42 Å². The van der Waals surface area contributed by atoms with E-state index in [4.69, 9.17) is 0 Å². The molecule has 0 fully saturated rings. The highest BCUT2D eigenvalue weighted by molar-refractivity contribution is 7.90. The van der Waals surface area contributed by atoms with Crippen molar-refractivity contribution in [3.8, 4) is 0 Å². The first-order valence-electron chi connectivity index (χ1n) is 5.47. The molecular weight excluding hydrogens is 254 g/mol. The van der Waals surface area contributed by atoms with Crippen molar-refractivity contribution in [2.45, 2.75) is 19.9 Å². The summed E-state index contributed by atoms with van der Waals surface area (Å²) in [5, 5.41) is 11.0. The molecule has 18 heavy (non-hydrogen) atoms. The minimum absolute atomic E-state index is 0.0445. The van der Waals surface area contributed by atoms with Crippen LogP contribution in [0, 0.1) is 6.92 Å². The van der Waals surface area contributed by atoms with Crippen LogP contribution in [-0.4, -0.2) is 46.1 Å². The lowest BCUT2D eigenvalue weighted by molar-refractivity contribution is 0.598. The lowest BCUT2D eigenvalue weighted by Gasteiger charge is -2.13. The molecule has 0 aromatic carbocycles. The summed E-state index contributed by atoms with van der Waals surface area (Å²) in [5.41, 5.74) is 0.593. The van der Waals surface area contributed by atoms with E-state index in [9.17, 15) is 8.42 Å². The predicted octanol–water partition coefficient (Wildman–Crippen LogP) is 0.278. The molecule has 2 heterocycles. The third kappa shape index (κ3) is 2.76. The van der Waals surface area contributed by atoms with E-state index in [-0.39, 0.29) is 11.8 Å². The molecule has 0 saturated carbocycles. The molecule has 0 bridgehead atoms. The fraction of sp³-hybridized carbons (Fsp3) is 0.500. The maximum Gasteiger partial charge on any atom is 0.203 e. The highest BCUT2D eigenvalue weighted by Gasteiger charge is 2.14. The Labute approximate surface area is 105 Å². The number of nitrogens with zero attached hydrogens (tertiary/aromatic N) is 4. The van der Waals surface area contributed by atoms with Gasteiger partial charge in [-0.3, -0.25) is 4.40 Å². The largest absolute Gasteiger partial charge is 0.363 e. The zero-order valence-electron chi connectivity index (χ0n) is 10.5. The molecule has 0 aliphatic rings. The molecule has 0 aliphatic carbocycles. The van der Waals surface area contributed by atoms with Crippen molar-refractivity contribution in [2.75, 3.05) is 17.3 Å². The Morgan fingerprint density at radius 3 is 2.83 bits per heavy atom. The standard InChI is InChI=1S/C10H15N5O2S/c1-7(6-18(3,16)17)12-9-10-14-13-8(2)15(10)5-4-11-9/h4-5,7H,6H2,1-3H3,(H,11,12). The van der Waals surface area contributed by atoms with Crippen LogP contribution < -0.4 is 5.32 Å². The van der Waals surface area contributed by atoms with Crippen molar-refractivity contribution in [3.63, 3.8) is 0 Å². The Hall–Kier alpha value is -1.70. The molecule has 1 atom stereocenters. The molecule has 1 unspecified atom stereocenters. The van der Waals surface area contributed by atoms with Gasteiger partial charge in [0.1, 0.15) is 15.7 Å². The maximum atomic E-state index is 11.2. The van der Waals surface area contributed by atoms with Crippen molar-refractivity contribution in [2.24, 2.45) is 0 Å². The topological polar surface area (TPSA) is 89.2 Å². The van der Waals surface area contributed by atoms with E-state index in [1.807, 2.05) is 6.92 Å². The molecule has 0 amide bonds. The molecule has 0 spiro atoms. The van der Waals surface area contributed by atoms with Crippen LogP contribution in [-0.2, 0) is 9.84 Å². The van der Waals surface area contributed by atoms with Gasteiger partial charge in [-0.05, 0) is 13.8 Å². The quantitative estimate of drug-likeness (QED) is 0.857. The van der Waals surface area contributed by atoms with E-state index in [1.165, 1.54) is 6.26 Å². The van der Waals surface area contributed by atoms with Gasteiger partial charge in [0.2, 0.25) is 5.65 Å². The van der Waals surface area contributed by atoms with Crippen molar-refractivity contribution in [1.29, 1.82) is 0 Å². The summed E-state index contributed by atoms with van der Waals surface area (Å²) < 4.78 is 24.2. The minimum Gasteiger partial charge on any atom is -0.363 e. The lowest BCUT2D eigenvalue weighted by Crippen LogP contribution is -2.25.